The molecule has 0 bridgehead atoms. The normalized spacial score (nSPS) is 23.8. The van der Waals surface area contributed by atoms with E-state index in [9.17, 15) is 4.79 Å². The zero-order valence-electron chi connectivity index (χ0n) is 21.3. The summed E-state index contributed by atoms with van der Waals surface area (Å²) in [5.74, 6) is 0.778. The molecule has 6 rings (SSSR count). The summed E-state index contributed by atoms with van der Waals surface area (Å²) in [6, 6.07) is 30.0. The number of hydrogen-bond acceptors (Lipinski definition) is 3. The second kappa shape index (κ2) is 10.3. The van der Waals surface area contributed by atoms with Gasteiger partial charge >= 0.3 is 0 Å². The quantitative estimate of drug-likeness (QED) is 0.400. The van der Waals surface area contributed by atoms with Crippen molar-refractivity contribution in [1.29, 1.82) is 0 Å². The highest BCUT2D eigenvalue weighted by molar-refractivity contribution is 5.82. The van der Waals surface area contributed by atoms with E-state index in [0.29, 0.717) is 12.5 Å². The molecule has 0 saturated carbocycles. The summed E-state index contributed by atoms with van der Waals surface area (Å²) in [7, 11) is 1.94. The van der Waals surface area contributed by atoms with E-state index in [-0.39, 0.29) is 23.8 Å². The van der Waals surface area contributed by atoms with E-state index >= 15 is 0 Å². The van der Waals surface area contributed by atoms with E-state index in [0.717, 1.165) is 31.5 Å². The highest BCUT2D eigenvalue weighted by atomic mass is 16.2. The Kier molecular flexibility index (Phi) is 6.62. The summed E-state index contributed by atoms with van der Waals surface area (Å²) >= 11 is 0. The third-order valence-electron chi connectivity index (χ3n) is 8.25. The maximum atomic E-state index is 14.3. The molecule has 0 radical (unpaired) electrons. The Labute approximate surface area is 219 Å². The van der Waals surface area contributed by atoms with Crippen molar-refractivity contribution >= 4 is 5.91 Å². The van der Waals surface area contributed by atoms with Crippen LogP contribution in [-0.4, -0.2) is 40.2 Å². The molecule has 2 saturated heterocycles. The van der Waals surface area contributed by atoms with Gasteiger partial charge < -0.3 is 10.2 Å². The van der Waals surface area contributed by atoms with Crippen LogP contribution in [0.4, 0.5) is 0 Å². The topological polar surface area (TPSA) is 50.2 Å². The van der Waals surface area contributed by atoms with Crippen LogP contribution in [0.2, 0.25) is 0 Å². The molecule has 3 aromatic carbocycles. The number of benzene rings is 3. The lowest BCUT2D eigenvalue weighted by atomic mass is 9.80. The minimum Gasteiger partial charge on any atom is -0.335 e. The first-order chi connectivity index (χ1) is 18.2. The zero-order valence-corrected chi connectivity index (χ0v) is 21.3. The number of rotatable bonds is 5. The molecule has 37 heavy (non-hydrogen) atoms. The van der Waals surface area contributed by atoms with Gasteiger partial charge in [-0.2, -0.15) is 5.10 Å². The summed E-state index contributed by atoms with van der Waals surface area (Å²) in [5, 5.41) is 7.94. The molecule has 1 N–H and O–H groups in total. The molecule has 1 aromatic heterocycles. The largest absolute Gasteiger partial charge is 0.335 e. The van der Waals surface area contributed by atoms with Gasteiger partial charge in [0, 0.05) is 44.4 Å². The summed E-state index contributed by atoms with van der Waals surface area (Å²) in [6.45, 7) is 2.31. The number of piperidine rings is 1. The molecule has 4 aromatic rings. The van der Waals surface area contributed by atoms with Crippen LogP contribution in [0.1, 0.15) is 47.4 Å². The van der Waals surface area contributed by atoms with Crippen molar-refractivity contribution in [2.75, 3.05) is 19.6 Å². The van der Waals surface area contributed by atoms with E-state index < -0.39 is 0 Å². The molecule has 2 fully saturated rings. The molecule has 3 heterocycles. The number of nitrogens with one attached hydrogen (secondary N) is 1. The van der Waals surface area contributed by atoms with Gasteiger partial charge in [-0.15, -0.1) is 0 Å². The number of nitrogens with zero attached hydrogens (tertiary/aromatic N) is 3. The molecular formula is C32H34N4O. The SMILES string of the molecule is Cn1cc(-c2ccccc2[C@@H]2CNC[C@H]2C(=O)N2CC[C@H](c3ccccc3)C[C@@H]2c2ccccc2)cn1. The molecule has 1 amide bonds. The van der Waals surface area contributed by atoms with Crippen molar-refractivity contribution in [3.05, 3.63) is 114 Å². The monoisotopic (exact) mass is 490 g/mol. The number of carbonyl (C=O) groups is 1. The highest BCUT2D eigenvalue weighted by Crippen LogP contribution is 2.42. The van der Waals surface area contributed by atoms with Gasteiger partial charge in [0.05, 0.1) is 18.2 Å². The fourth-order valence-electron chi connectivity index (χ4n) is 6.37. The predicted molar refractivity (Wildman–Crippen MR) is 147 cm³/mol. The van der Waals surface area contributed by atoms with Gasteiger partial charge in [0.25, 0.3) is 0 Å². The molecule has 188 valence electrons. The van der Waals surface area contributed by atoms with Crippen LogP contribution in [-0.2, 0) is 11.8 Å². The first kappa shape index (κ1) is 23.7. The number of hydrogen-bond donors (Lipinski definition) is 1. The van der Waals surface area contributed by atoms with Gasteiger partial charge in [0.15, 0.2) is 0 Å². The molecule has 5 nitrogen and oxygen atoms in total. The van der Waals surface area contributed by atoms with E-state index in [2.05, 4.69) is 106 Å². The van der Waals surface area contributed by atoms with E-state index in [1.54, 1.807) is 0 Å². The molecule has 0 unspecified atom stereocenters. The number of amides is 1. The van der Waals surface area contributed by atoms with E-state index in [4.69, 9.17) is 0 Å². The van der Waals surface area contributed by atoms with Crippen LogP contribution < -0.4 is 5.32 Å². The summed E-state index contributed by atoms with van der Waals surface area (Å²) in [4.78, 5) is 16.5. The average molecular weight is 491 g/mol. The third-order valence-corrected chi connectivity index (χ3v) is 8.25. The minimum atomic E-state index is -0.0858. The van der Waals surface area contributed by atoms with Gasteiger partial charge in [0.2, 0.25) is 5.91 Å². The van der Waals surface area contributed by atoms with Gasteiger partial charge in [-0.05, 0) is 41.0 Å². The van der Waals surface area contributed by atoms with Gasteiger partial charge in [-0.25, -0.2) is 0 Å². The Bertz CT molecular complexity index is 1350. The van der Waals surface area contributed by atoms with Crippen molar-refractivity contribution in [2.24, 2.45) is 13.0 Å². The summed E-state index contributed by atoms with van der Waals surface area (Å²) < 4.78 is 1.84. The van der Waals surface area contributed by atoms with Crippen molar-refractivity contribution in [3.8, 4) is 11.1 Å². The van der Waals surface area contributed by atoms with Crippen LogP contribution >= 0.6 is 0 Å². The predicted octanol–water partition coefficient (Wildman–Crippen LogP) is 5.54. The zero-order chi connectivity index (χ0) is 25.2. The minimum absolute atomic E-state index is 0.0856. The smallest absolute Gasteiger partial charge is 0.228 e. The van der Waals surface area contributed by atoms with Crippen molar-refractivity contribution < 1.29 is 4.79 Å². The lowest BCUT2D eigenvalue weighted by Gasteiger charge is -2.42. The summed E-state index contributed by atoms with van der Waals surface area (Å²) in [5.41, 5.74) is 6.11. The second-order valence-corrected chi connectivity index (χ2v) is 10.5. The highest BCUT2D eigenvalue weighted by Gasteiger charge is 2.41. The number of aromatic nitrogens is 2. The molecular weight excluding hydrogens is 456 g/mol. The molecule has 2 aliphatic heterocycles. The molecule has 2 aliphatic rings. The first-order valence-electron chi connectivity index (χ1n) is 13.4. The summed E-state index contributed by atoms with van der Waals surface area (Å²) in [6.07, 6.45) is 5.92. The van der Waals surface area contributed by atoms with E-state index in [1.807, 2.05) is 17.9 Å². The lowest BCUT2D eigenvalue weighted by molar-refractivity contribution is -0.139. The van der Waals surface area contributed by atoms with Crippen LogP contribution in [0.3, 0.4) is 0 Å². The second-order valence-electron chi connectivity index (χ2n) is 10.5. The van der Waals surface area contributed by atoms with Gasteiger partial charge in [-0.1, -0.05) is 84.9 Å². The van der Waals surface area contributed by atoms with Crippen LogP contribution in [0.25, 0.3) is 11.1 Å². The van der Waals surface area contributed by atoms with Gasteiger partial charge in [0.1, 0.15) is 0 Å². The van der Waals surface area contributed by atoms with E-state index in [1.165, 1.54) is 22.3 Å². The fraction of sp³-hybridized carbons (Fsp3) is 0.312. The van der Waals surface area contributed by atoms with Crippen molar-refractivity contribution in [3.63, 3.8) is 0 Å². The van der Waals surface area contributed by atoms with Gasteiger partial charge in [-0.3, -0.25) is 9.48 Å². The van der Waals surface area contributed by atoms with Crippen molar-refractivity contribution in [2.45, 2.75) is 30.7 Å². The molecule has 0 spiro atoms. The lowest BCUT2D eigenvalue weighted by Crippen LogP contribution is -2.45. The molecule has 5 heteroatoms. The third kappa shape index (κ3) is 4.72. The van der Waals surface area contributed by atoms with Crippen molar-refractivity contribution in [1.82, 2.24) is 20.0 Å². The Hall–Kier alpha value is -3.70. The fourth-order valence-corrected chi connectivity index (χ4v) is 6.37. The Morgan fingerprint density at radius 1 is 0.892 bits per heavy atom. The standard InChI is InChI=1S/C32H34N4O/c1-35-22-26(19-34-35)27-14-8-9-15-28(27)29-20-33-21-30(29)32(37)36-17-16-25(23-10-4-2-5-11-23)18-31(36)24-12-6-3-7-13-24/h2-15,19,22,25,29-31,33H,16-18,20-21H2,1H3/t25-,29-,30+,31+/m0/s1. The maximum Gasteiger partial charge on any atom is 0.228 e. The van der Waals surface area contributed by atoms with Crippen LogP contribution in [0.5, 0.6) is 0 Å². The number of carbonyl (C=O) groups excluding carboxylic acids is 1. The Balaban J connectivity index is 1.30. The average Bonchev–Trinajstić information content (AvgIpc) is 3.63. The number of likely N-dealkylation sites (tertiary alicyclic amines) is 1. The Morgan fingerprint density at radius 2 is 1.59 bits per heavy atom. The van der Waals surface area contributed by atoms with Crippen LogP contribution in [0, 0.1) is 5.92 Å². The molecule has 4 atom stereocenters. The van der Waals surface area contributed by atoms with Crippen LogP contribution in [0.15, 0.2) is 97.3 Å². The Morgan fingerprint density at radius 3 is 2.32 bits per heavy atom. The first-order valence-corrected chi connectivity index (χ1v) is 13.4. The number of aryl methyl sites for hydroxylation is 1. The molecule has 0 aliphatic carbocycles. The maximum absolute atomic E-state index is 14.3.